The van der Waals surface area contributed by atoms with E-state index < -0.39 is 23.3 Å². The molecule has 18 heavy (non-hydrogen) atoms. The summed E-state index contributed by atoms with van der Waals surface area (Å²) in [6.45, 7) is 0. The highest BCUT2D eigenvalue weighted by molar-refractivity contribution is 5.94. The van der Waals surface area contributed by atoms with Crippen molar-refractivity contribution < 1.29 is 19.5 Å². The molecule has 0 radical (unpaired) electrons. The molecule has 3 amide bonds. The van der Waals surface area contributed by atoms with Crippen LogP contribution in [0.3, 0.4) is 0 Å². The maximum atomic E-state index is 11.7. The lowest BCUT2D eigenvalue weighted by Gasteiger charge is -2.26. The van der Waals surface area contributed by atoms with E-state index >= 15 is 0 Å². The number of nitrogens with zero attached hydrogens (tertiary/aromatic N) is 1. The van der Waals surface area contributed by atoms with Crippen molar-refractivity contribution in [1.29, 1.82) is 0 Å². The van der Waals surface area contributed by atoms with E-state index in [4.69, 9.17) is 5.11 Å². The molecule has 0 atom stereocenters. The molecule has 0 spiro atoms. The van der Waals surface area contributed by atoms with Gasteiger partial charge in [-0.05, 0) is 18.3 Å². The second-order valence-electron chi connectivity index (χ2n) is 5.20. The quantitative estimate of drug-likeness (QED) is 0.791. The SMILES string of the molecule is CN(C)C(=O)NC(=O)CC1(CC(=O)O)CCCC1. The van der Waals surface area contributed by atoms with Gasteiger partial charge in [-0.25, -0.2) is 4.79 Å². The van der Waals surface area contributed by atoms with Gasteiger partial charge in [-0.2, -0.15) is 0 Å². The number of hydrogen-bond acceptors (Lipinski definition) is 3. The maximum absolute atomic E-state index is 11.7. The molecule has 0 aromatic rings. The van der Waals surface area contributed by atoms with E-state index in [1.165, 1.54) is 4.90 Å². The first kappa shape index (κ1) is 14.5. The van der Waals surface area contributed by atoms with Crippen molar-refractivity contribution in [2.24, 2.45) is 5.41 Å². The number of carboxylic acids is 1. The first-order valence-electron chi connectivity index (χ1n) is 6.08. The highest BCUT2D eigenvalue weighted by Crippen LogP contribution is 2.43. The number of rotatable bonds is 4. The summed E-state index contributed by atoms with van der Waals surface area (Å²) in [6, 6.07) is -0.469. The fraction of sp³-hybridized carbons (Fsp3) is 0.750. The lowest BCUT2D eigenvalue weighted by molar-refractivity contribution is -0.140. The molecule has 0 aromatic carbocycles. The van der Waals surface area contributed by atoms with Gasteiger partial charge in [0.15, 0.2) is 0 Å². The molecule has 6 nitrogen and oxygen atoms in total. The predicted octanol–water partition coefficient (Wildman–Crippen LogP) is 1.21. The summed E-state index contributed by atoms with van der Waals surface area (Å²) in [6.07, 6.45) is 3.48. The van der Waals surface area contributed by atoms with Crippen LogP contribution in [0.15, 0.2) is 0 Å². The van der Waals surface area contributed by atoms with Crippen LogP contribution in [0.2, 0.25) is 0 Å². The Morgan fingerprint density at radius 3 is 2.17 bits per heavy atom. The van der Waals surface area contributed by atoms with Crippen LogP contribution in [-0.4, -0.2) is 42.0 Å². The van der Waals surface area contributed by atoms with Crippen LogP contribution >= 0.6 is 0 Å². The van der Waals surface area contributed by atoms with Crippen LogP contribution in [0.25, 0.3) is 0 Å². The number of carbonyl (C=O) groups excluding carboxylic acids is 2. The fourth-order valence-corrected chi connectivity index (χ4v) is 2.48. The number of nitrogens with one attached hydrogen (secondary N) is 1. The van der Waals surface area contributed by atoms with E-state index in [0.29, 0.717) is 0 Å². The van der Waals surface area contributed by atoms with Crippen LogP contribution in [0.4, 0.5) is 4.79 Å². The molecule has 102 valence electrons. The van der Waals surface area contributed by atoms with Crippen LogP contribution in [0, 0.1) is 5.41 Å². The van der Waals surface area contributed by atoms with Crippen LogP contribution in [-0.2, 0) is 9.59 Å². The summed E-state index contributed by atoms with van der Waals surface area (Å²) in [7, 11) is 3.09. The minimum Gasteiger partial charge on any atom is -0.481 e. The predicted molar refractivity (Wildman–Crippen MR) is 65.0 cm³/mol. The lowest BCUT2D eigenvalue weighted by atomic mass is 9.79. The van der Waals surface area contributed by atoms with Gasteiger partial charge < -0.3 is 10.0 Å². The zero-order valence-corrected chi connectivity index (χ0v) is 10.9. The number of carboxylic acid groups (broad SMARTS) is 1. The minimum atomic E-state index is -0.886. The summed E-state index contributed by atoms with van der Waals surface area (Å²) in [5, 5.41) is 11.2. The Balaban J connectivity index is 2.59. The maximum Gasteiger partial charge on any atom is 0.323 e. The molecule has 1 aliphatic rings. The standard InChI is InChI=1S/C12H20N2O4/c1-14(2)11(18)13-9(15)7-12(8-10(16)17)5-3-4-6-12/h3-8H2,1-2H3,(H,16,17)(H,13,15,18). The van der Waals surface area contributed by atoms with Crippen molar-refractivity contribution in [2.45, 2.75) is 38.5 Å². The third kappa shape index (κ3) is 4.01. The van der Waals surface area contributed by atoms with Gasteiger partial charge >= 0.3 is 12.0 Å². The number of carbonyl (C=O) groups is 3. The molecule has 1 aliphatic carbocycles. The molecule has 0 aliphatic heterocycles. The molecule has 6 heteroatoms. The lowest BCUT2D eigenvalue weighted by Crippen LogP contribution is -2.41. The summed E-state index contributed by atoms with van der Waals surface area (Å²) in [4.78, 5) is 35.2. The molecule has 0 heterocycles. The van der Waals surface area contributed by atoms with E-state index in [1.807, 2.05) is 0 Å². The number of aliphatic carboxylic acids is 1. The first-order valence-corrected chi connectivity index (χ1v) is 6.08. The van der Waals surface area contributed by atoms with Gasteiger partial charge in [-0.15, -0.1) is 0 Å². The smallest absolute Gasteiger partial charge is 0.323 e. The molecule has 1 fully saturated rings. The van der Waals surface area contributed by atoms with Crippen molar-refractivity contribution in [3.05, 3.63) is 0 Å². The Labute approximate surface area is 106 Å². The molecule has 1 rings (SSSR count). The zero-order chi connectivity index (χ0) is 13.8. The van der Waals surface area contributed by atoms with E-state index in [-0.39, 0.29) is 12.8 Å². The average molecular weight is 256 g/mol. The molecule has 0 aromatic heterocycles. The van der Waals surface area contributed by atoms with Crippen molar-refractivity contribution in [3.8, 4) is 0 Å². The van der Waals surface area contributed by atoms with Gasteiger partial charge in [0.25, 0.3) is 0 Å². The molecule has 0 bridgehead atoms. The highest BCUT2D eigenvalue weighted by atomic mass is 16.4. The van der Waals surface area contributed by atoms with Crippen LogP contribution < -0.4 is 5.32 Å². The Bertz CT molecular complexity index is 346. The van der Waals surface area contributed by atoms with Gasteiger partial charge in [-0.1, -0.05) is 12.8 Å². The minimum absolute atomic E-state index is 0.00340. The highest BCUT2D eigenvalue weighted by Gasteiger charge is 2.38. The van der Waals surface area contributed by atoms with E-state index in [2.05, 4.69) is 5.32 Å². The topological polar surface area (TPSA) is 86.7 Å². The van der Waals surface area contributed by atoms with Crippen molar-refractivity contribution in [3.63, 3.8) is 0 Å². The van der Waals surface area contributed by atoms with Crippen molar-refractivity contribution in [1.82, 2.24) is 10.2 Å². The van der Waals surface area contributed by atoms with Crippen LogP contribution in [0.1, 0.15) is 38.5 Å². The van der Waals surface area contributed by atoms with Crippen molar-refractivity contribution in [2.75, 3.05) is 14.1 Å². The summed E-state index contributed by atoms with van der Waals surface area (Å²) < 4.78 is 0. The number of urea groups is 1. The van der Waals surface area contributed by atoms with E-state index in [0.717, 1.165) is 25.7 Å². The van der Waals surface area contributed by atoms with Gasteiger partial charge in [0.05, 0.1) is 6.42 Å². The fourth-order valence-electron chi connectivity index (χ4n) is 2.48. The van der Waals surface area contributed by atoms with Crippen LogP contribution in [0.5, 0.6) is 0 Å². The Morgan fingerprint density at radius 1 is 1.17 bits per heavy atom. The first-order chi connectivity index (χ1) is 8.34. The van der Waals surface area contributed by atoms with Gasteiger partial charge in [0.2, 0.25) is 5.91 Å². The Morgan fingerprint density at radius 2 is 1.72 bits per heavy atom. The number of imide groups is 1. The molecule has 2 N–H and O–H groups in total. The molecule has 1 saturated carbocycles. The molecular formula is C12H20N2O4. The van der Waals surface area contributed by atoms with Gasteiger partial charge in [0.1, 0.15) is 0 Å². The second-order valence-corrected chi connectivity index (χ2v) is 5.20. The molecule has 0 unspecified atom stereocenters. The normalized spacial score (nSPS) is 17.2. The number of amides is 3. The third-order valence-corrected chi connectivity index (χ3v) is 3.38. The number of hydrogen-bond donors (Lipinski definition) is 2. The molecular weight excluding hydrogens is 236 g/mol. The average Bonchev–Trinajstić information content (AvgIpc) is 2.64. The van der Waals surface area contributed by atoms with E-state index in [1.54, 1.807) is 14.1 Å². The van der Waals surface area contributed by atoms with Gasteiger partial charge in [-0.3, -0.25) is 14.9 Å². The van der Waals surface area contributed by atoms with Gasteiger partial charge in [0, 0.05) is 20.5 Å². The Kier molecular flexibility index (Phi) is 4.69. The zero-order valence-electron chi connectivity index (χ0n) is 10.9. The third-order valence-electron chi connectivity index (χ3n) is 3.38. The Hall–Kier alpha value is -1.59. The van der Waals surface area contributed by atoms with E-state index in [9.17, 15) is 14.4 Å². The second kappa shape index (κ2) is 5.84. The summed E-state index contributed by atoms with van der Waals surface area (Å²) in [5.41, 5.74) is -0.470. The summed E-state index contributed by atoms with van der Waals surface area (Å²) in [5.74, 6) is -1.28. The summed E-state index contributed by atoms with van der Waals surface area (Å²) >= 11 is 0. The molecule has 0 saturated heterocycles. The monoisotopic (exact) mass is 256 g/mol. The van der Waals surface area contributed by atoms with Crippen molar-refractivity contribution >= 4 is 17.9 Å². The largest absolute Gasteiger partial charge is 0.481 e.